The summed E-state index contributed by atoms with van der Waals surface area (Å²) in [6, 6.07) is 7.30. The molecule has 8 heteroatoms. The minimum atomic E-state index is -4.44. The number of fused-ring (bicyclic) bond motifs is 1. The molecule has 0 bridgehead atoms. The fraction of sp³-hybridized carbons (Fsp3) is 0.478. The maximum atomic E-state index is 13.5. The number of Topliss-reactive ketones (excluding diaryl/α,β-unsaturated/α-hetero) is 1. The topological polar surface area (TPSA) is 50.2 Å². The van der Waals surface area contributed by atoms with E-state index in [1.807, 2.05) is 26.0 Å². The SMILES string of the molecule is CCN1C(C)=C(C(C)=O)CC1Nc1ccc(-n2nc(C(F)(F)F)c3c2CCCC3)cc1. The Morgan fingerprint density at radius 1 is 1.19 bits per heavy atom. The van der Waals surface area contributed by atoms with E-state index in [2.05, 4.69) is 15.3 Å². The Kier molecular flexibility index (Phi) is 5.58. The molecule has 2 aromatic rings. The van der Waals surface area contributed by atoms with Gasteiger partial charge in [-0.1, -0.05) is 0 Å². The Hall–Kier alpha value is -2.77. The third-order valence-electron chi connectivity index (χ3n) is 6.30. The average Bonchev–Trinajstić information content (AvgIpc) is 3.26. The van der Waals surface area contributed by atoms with Gasteiger partial charge in [-0.05, 0) is 70.7 Å². The molecular formula is C23H27F3N4O. The van der Waals surface area contributed by atoms with Gasteiger partial charge in [-0.15, -0.1) is 0 Å². The quantitative estimate of drug-likeness (QED) is 0.715. The smallest absolute Gasteiger partial charge is 0.365 e. The molecule has 5 nitrogen and oxygen atoms in total. The fourth-order valence-corrected chi connectivity index (χ4v) is 4.77. The van der Waals surface area contributed by atoms with Crippen LogP contribution in [-0.4, -0.2) is 33.2 Å². The van der Waals surface area contributed by atoms with Crippen molar-refractivity contribution in [3.63, 3.8) is 0 Å². The van der Waals surface area contributed by atoms with Crippen LogP contribution >= 0.6 is 0 Å². The molecule has 0 amide bonds. The molecule has 1 aliphatic heterocycles. The first-order chi connectivity index (χ1) is 14.7. The van der Waals surface area contributed by atoms with Crippen LogP contribution in [0.15, 0.2) is 35.5 Å². The second kappa shape index (κ2) is 8.05. The van der Waals surface area contributed by atoms with E-state index >= 15 is 0 Å². The number of halogens is 3. The Labute approximate surface area is 179 Å². The summed E-state index contributed by atoms with van der Waals surface area (Å²) < 4.78 is 41.9. The minimum Gasteiger partial charge on any atom is -0.365 e. The zero-order valence-electron chi connectivity index (χ0n) is 18.0. The molecule has 31 heavy (non-hydrogen) atoms. The number of anilines is 1. The van der Waals surface area contributed by atoms with Crippen LogP contribution in [0.3, 0.4) is 0 Å². The maximum Gasteiger partial charge on any atom is 0.435 e. The maximum absolute atomic E-state index is 13.5. The van der Waals surface area contributed by atoms with Gasteiger partial charge in [0.05, 0.1) is 5.69 Å². The lowest BCUT2D eigenvalue weighted by Crippen LogP contribution is -2.35. The van der Waals surface area contributed by atoms with Gasteiger partial charge in [-0.2, -0.15) is 18.3 Å². The van der Waals surface area contributed by atoms with E-state index in [-0.39, 0.29) is 11.9 Å². The zero-order valence-corrected chi connectivity index (χ0v) is 18.0. The van der Waals surface area contributed by atoms with E-state index in [4.69, 9.17) is 0 Å². The predicted molar refractivity (Wildman–Crippen MR) is 113 cm³/mol. The van der Waals surface area contributed by atoms with Crippen molar-refractivity contribution in [2.24, 2.45) is 0 Å². The van der Waals surface area contributed by atoms with E-state index in [0.29, 0.717) is 36.2 Å². The minimum absolute atomic E-state index is 0.0240. The fourth-order valence-electron chi connectivity index (χ4n) is 4.77. The number of benzene rings is 1. The molecule has 2 aliphatic rings. The van der Waals surface area contributed by atoms with Crippen molar-refractivity contribution < 1.29 is 18.0 Å². The van der Waals surface area contributed by atoms with Crippen molar-refractivity contribution in [3.05, 3.63) is 52.5 Å². The van der Waals surface area contributed by atoms with Crippen LogP contribution in [-0.2, 0) is 23.8 Å². The van der Waals surface area contributed by atoms with E-state index in [0.717, 1.165) is 36.3 Å². The molecule has 1 aromatic carbocycles. The second-order valence-corrected chi connectivity index (χ2v) is 8.21. The van der Waals surface area contributed by atoms with Crippen LogP contribution in [0.25, 0.3) is 5.69 Å². The van der Waals surface area contributed by atoms with Gasteiger partial charge < -0.3 is 10.2 Å². The summed E-state index contributed by atoms with van der Waals surface area (Å²) in [7, 11) is 0. The van der Waals surface area contributed by atoms with Crippen LogP contribution < -0.4 is 5.32 Å². The van der Waals surface area contributed by atoms with Crippen molar-refractivity contribution in [2.45, 2.75) is 65.2 Å². The molecule has 1 aliphatic carbocycles. The van der Waals surface area contributed by atoms with Crippen molar-refractivity contribution >= 4 is 11.5 Å². The molecule has 0 spiro atoms. The molecule has 0 radical (unpaired) electrons. The highest BCUT2D eigenvalue weighted by atomic mass is 19.4. The molecule has 1 aromatic heterocycles. The third-order valence-corrected chi connectivity index (χ3v) is 6.30. The first-order valence-electron chi connectivity index (χ1n) is 10.7. The third kappa shape index (κ3) is 3.95. The summed E-state index contributed by atoms with van der Waals surface area (Å²) in [5.41, 5.74) is 3.54. The van der Waals surface area contributed by atoms with E-state index in [1.165, 1.54) is 4.68 Å². The Morgan fingerprint density at radius 2 is 1.87 bits per heavy atom. The van der Waals surface area contributed by atoms with Crippen LogP contribution in [0, 0.1) is 0 Å². The number of hydrogen-bond donors (Lipinski definition) is 1. The summed E-state index contributed by atoms with van der Waals surface area (Å²) in [5, 5.41) is 7.40. The van der Waals surface area contributed by atoms with Gasteiger partial charge in [-0.3, -0.25) is 4.79 Å². The van der Waals surface area contributed by atoms with Crippen molar-refractivity contribution in [1.82, 2.24) is 14.7 Å². The van der Waals surface area contributed by atoms with Gasteiger partial charge in [-0.25, -0.2) is 4.68 Å². The molecule has 166 valence electrons. The summed E-state index contributed by atoms with van der Waals surface area (Å²) in [4.78, 5) is 14.1. The second-order valence-electron chi connectivity index (χ2n) is 8.21. The number of carbonyl (C=O) groups is 1. The molecule has 4 rings (SSSR count). The molecule has 0 saturated heterocycles. The summed E-state index contributed by atoms with van der Waals surface area (Å²) in [6.07, 6.45) is -1.19. The molecule has 1 unspecified atom stereocenters. The first kappa shape index (κ1) is 21.5. The monoisotopic (exact) mass is 432 g/mol. The summed E-state index contributed by atoms with van der Waals surface area (Å²) in [6.45, 7) is 6.37. The summed E-state index contributed by atoms with van der Waals surface area (Å²) >= 11 is 0. The number of ketones is 1. The number of nitrogens with zero attached hydrogens (tertiary/aromatic N) is 3. The molecule has 1 N–H and O–H groups in total. The number of nitrogens with one attached hydrogen (secondary N) is 1. The lowest BCUT2D eigenvalue weighted by Gasteiger charge is -2.28. The predicted octanol–water partition coefficient (Wildman–Crippen LogP) is 5.10. The Morgan fingerprint density at radius 3 is 2.48 bits per heavy atom. The highest BCUT2D eigenvalue weighted by molar-refractivity contribution is 5.94. The summed E-state index contributed by atoms with van der Waals surface area (Å²) in [5.74, 6) is 0.0829. The zero-order chi connectivity index (χ0) is 22.3. The van der Waals surface area contributed by atoms with Crippen LogP contribution in [0.4, 0.5) is 18.9 Å². The van der Waals surface area contributed by atoms with Crippen molar-refractivity contribution in [1.29, 1.82) is 0 Å². The number of allylic oxidation sites excluding steroid dienone is 1. The van der Waals surface area contributed by atoms with Gasteiger partial charge in [0.1, 0.15) is 6.17 Å². The molecular weight excluding hydrogens is 405 g/mol. The molecule has 2 heterocycles. The van der Waals surface area contributed by atoms with E-state index < -0.39 is 11.9 Å². The average molecular weight is 432 g/mol. The number of carbonyl (C=O) groups excluding carboxylic acids is 1. The lowest BCUT2D eigenvalue weighted by molar-refractivity contribution is -0.142. The van der Waals surface area contributed by atoms with Gasteiger partial charge in [0.2, 0.25) is 0 Å². The first-order valence-corrected chi connectivity index (χ1v) is 10.7. The molecule has 0 fully saturated rings. The normalized spacial score (nSPS) is 19.0. The largest absolute Gasteiger partial charge is 0.435 e. The lowest BCUT2D eigenvalue weighted by atomic mass is 9.95. The van der Waals surface area contributed by atoms with Gasteiger partial charge >= 0.3 is 6.18 Å². The van der Waals surface area contributed by atoms with Gasteiger partial charge in [0.15, 0.2) is 11.5 Å². The van der Waals surface area contributed by atoms with E-state index in [9.17, 15) is 18.0 Å². The number of hydrogen-bond acceptors (Lipinski definition) is 4. The van der Waals surface area contributed by atoms with Crippen LogP contribution in [0.1, 0.15) is 57.0 Å². The van der Waals surface area contributed by atoms with Crippen molar-refractivity contribution in [2.75, 3.05) is 11.9 Å². The van der Waals surface area contributed by atoms with Crippen molar-refractivity contribution in [3.8, 4) is 5.69 Å². The van der Waals surface area contributed by atoms with Gasteiger partial charge in [0, 0.05) is 41.2 Å². The standard InChI is InChI=1S/C23H27F3N4O/c1-4-29-14(2)19(15(3)31)13-21(29)27-16-9-11-17(12-10-16)30-20-8-6-5-7-18(20)22(28-30)23(24,25)26/h9-12,21,27H,4-8,13H2,1-3H3. The Balaban J connectivity index is 1.57. The van der Waals surface area contributed by atoms with E-state index in [1.54, 1.807) is 19.1 Å². The highest BCUT2D eigenvalue weighted by Crippen LogP contribution is 2.37. The molecule has 1 atom stereocenters. The number of alkyl halides is 3. The number of aromatic nitrogens is 2. The number of rotatable bonds is 5. The highest BCUT2D eigenvalue weighted by Gasteiger charge is 2.39. The molecule has 0 saturated carbocycles. The Bertz CT molecular complexity index is 1020. The van der Waals surface area contributed by atoms with Crippen LogP contribution in [0.2, 0.25) is 0 Å². The van der Waals surface area contributed by atoms with Crippen LogP contribution in [0.5, 0.6) is 0 Å². The van der Waals surface area contributed by atoms with Gasteiger partial charge in [0.25, 0.3) is 0 Å².